The standard InChI is InChI=1S/C23H27Cl2IN2O3/c1-3-5-12-27-23(30)21(4-2)28(14-16-6-7-17(24)13-20(16)25)22(29)15-31-19-10-8-18(26)9-11-19/h6-11,13,21H,3-5,12,14-15H2,1-2H3,(H,27,30). The fourth-order valence-corrected chi connectivity index (χ4v) is 3.85. The van der Waals surface area contributed by atoms with Gasteiger partial charge in [0.05, 0.1) is 0 Å². The lowest BCUT2D eigenvalue weighted by molar-refractivity contribution is -0.143. The third-order valence-corrected chi connectivity index (χ3v) is 6.05. The van der Waals surface area contributed by atoms with E-state index >= 15 is 0 Å². The van der Waals surface area contributed by atoms with E-state index in [1.807, 2.05) is 31.2 Å². The molecule has 0 saturated carbocycles. The molecule has 0 saturated heterocycles. The number of nitrogens with one attached hydrogen (secondary N) is 1. The van der Waals surface area contributed by atoms with Crippen molar-refractivity contribution in [2.45, 2.75) is 45.7 Å². The minimum absolute atomic E-state index is 0.176. The number of unbranched alkanes of at least 4 members (excludes halogenated alkanes) is 1. The number of carbonyl (C=O) groups is 2. The Hall–Kier alpha value is -1.51. The molecule has 0 aromatic heterocycles. The number of amides is 2. The van der Waals surface area contributed by atoms with Crippen LogP contribution in [-0.4, -0.2) is 35.9 Å². The van der Waals surface area contributed by atoms with Gasteiger partial charge in [0.2, 0.25) is 5.91 Å². The van der Waals surface area contributed by atoms with Gasteiger partial charge in [0.25, 0.3) is 5.91 Å². The highest BCUT2D eigenvalue weighted by Crippen LogP contribution is 2.24. The Morgan fingerprint density at radius 2 is 1.84 bits per heavy atom. The topological polar surface area (TPSA) is 58.6 Å². The molecule has 0 fully saturated rings. The summed E-state index contributed by atoms with van der Waals surface area (Å²) in [5.74, 6) is 0.129. The van der Waals surface area contributed by atoms with Gasteiger partial charge in [-0.15, -0.1) is 0 Å². The molecule has 0 bridgehead atoms. The smallest absolute Gasteiger partial charge is 0.261 e. The molecule has 0 aliphatic rings. The lowest BCUT2D eigenvalue weighted by Gasteiger charge is -2.31. The predicted molar refractivity (Wildman–Crippen MR) is 134 cm³/mol. The lowest BCUT2D eigenvalue weighted by Crippen LogP contribution is -2.50. The summed E-state index contributed by atoms with van der Waals surface area (Å²) in [4.78, 5) is 27.5. The van der Waals surface area contributed by atoms with Crippen LogP contribution >= 0.6 is 45.8 Å². The zero-order chi connectivity index (χ0) is 22.8. The molecule has 1 unspecified atom stereocenters. The summed E-state index contributed by atoms with van der Waals surface area (Å²) in [5.41, 5.74) is 0.716. The second-order valence-corrected chi connectivity index (χ2v) is 9.16. The molecule has 2 aromatic rings. The first kappa shape index (κ1) is 25.7. The highest BCUT2D eigenvalue weighted by atomic mass is 127. The first-order valence-corrected chi connectivity index (χ1v) is 12.1. The summed E-state index contributed by atoms with van der Waals surface area (Å²) < 4.78 is 6.76. The molecule has 168 valence electrons. The largest absolute Gasteiger partial charge is 0.484 e. The van der Waals surface area contributed by atoms with E-state index in [1.165, 1.54) is 4.90 Å². The van der Waals surface area contributed by atoms with Crippen molar-refractivity contribution >= 4 is 57.6 Å². The quantitative estimate of drug-likeness (QED) is 0.276. The van der Waals surface area contributed by atoms with Crippen LogP contribution in [0.25, 0.3) is 0 Å². The third kappa shape index (κ3) is 8.16. The van der Waals surface area contributed by atoms with E-state index < -0.39 is 6.04 Å². The number of hydrogen-bond acceptors (Lipinski definition) is 3. The van der Waals surface area contributed by atoms with Crippen LogP contribution in [0.4, 0.5) is 0 Å². The van der Waals surface area contributed by atoms with Gasteiger partial charge in [-0.25, -0.2) is 0 Å². The molecule has 0 aliphatic heterocycles. The van der Waals surface area contributed by atoms with Gasteiger partial charge in [-0.1, -0.05) is 49.5 Å². The first-order chi connectivity index (χ1) is 14.8. The van der Waals surface area contributed by atoms with Gasteiger partial charge in [-0.2, -0.15) is 0 Å². The van der Waals surface area contributed by atoms with Crippen molar-refractivity contribution in [1.82, 2.24) is 10.2 Å². The normalized spacial score (nSPS) is 11.6. The zero-order valence-electron chi connectivity index (χ0n) is 17.7. The van der Waals surface area contributed by atoms with E-state index in [4.69, 9.17) is 27.9 Å². The molecule has 0 heterocycles. The van der Waals surface area contributed by atoms with Crippen molar-refractivity contribution in [3.63, 3.8) is 0 Å². The summed E-state index contributed by atoms with van der Waals surface area (Å²) in [6.07, 6.45) is 2.33. The van der Waals surface area contributed by atoms with Crippen molar-refractivity contribution in [1.29, 1.82) is 0 Å². The minimum atomic E-state index is -0.628. The molecule has 2 amide bonds. The highest BCUT2D eigenvalue weighted by molar-refractivity contribution is 14.1. The molecular weight excluding hydrogens is 550 g/mol. The number of ether oxygens (including phenoxy) is 1. The van der Waals surface area contributed by atoms with Gasteiger partial charge in [-0.3, -0.25) is 9.59 Å². The first-order valence-electron chi connectivity index (χ1n) is 10.2. The Morgan fingerprint density at radius 1 is 1.13 bits per heavy atom. The minimum Gasteiger partial charge on any atom is -0.484 e. The summed E-state index contributed by atoms with van der Waals surface area (Å²) in [7, 11) is 0. The van der Waals surface area contributed by atoms with Crippen molar-refractivity contribution in [3.05, 3.63) is 61.6 Å². The molecule has 8 heteroatoms. The van der Waals surface area contributed by atoms with E-state index in [0.29, 0.717) is 34.3 Å². The van der Waals surface area contributed by atoms with Crippen LogP contribution in [0.15, 0.2) is 42.5 Å². The van der Waals surface area contributed by atoms with E-state index in [9.17, 15) is 9.59 Å². The maximum absolute atomic E-state index is 13.2. The molecule has 0 aliphatic carbocycles. The van der Waals surface area contributed by atoms with Crippen LogP contribution in [-0.2, 0) is 16.1 Å². The summed E-state index contributed by atoms with van der Waals surface area (Å²) in [6, 6.07) is 11.9. The molecule has 31 heavy (non-hydrogen) atoms. The molecule has 0 radical (unpaired) electrons. The van der Waals surface area contributed by atoms with Crippen LogP contribution in [0.5, 0.6) is 5.75 Å². The lowest BCUT2D eigenvalue weighted by atomic mass is 10.1. The second kappa shape index (κ2) is 13.1. The Labute approximate surface area is 207 Å². The number of nitrogens with zero attached hydrogens (tertiary/aromatic N) is 1. The van der Waals surface area contributed by atoms with Gasteiger partial charge in [-0.05, 0) is 77.4 Å². The Balaban J connectivity index is 2.20. The zero-order valence-corrected chi connectivity index (χ0v) is 21.3. The van der Waals surface area contributed by atoms with Crippen LogP contribution in [0, 0.1) is 3.57 Å². The number of benzene rings is 2. The fraction of sp³-hybridized carbons (Fsp3) is 0.391. The molecular formula is C23H27Cl2IN2O3. The number of rotatable bonds is 11. The Bertz CT molecular complexity index is 878. The second-order valence-electron chi connectivity index (χ2n) is 7.07. The van der Waals surface area contributed by atoms with Gasteiger partial charge in [0, 0.05) is 26.7 Å². The third-order valence-electron chi connectivity index (χ3n) is 4.75. The number of hydrogen-bond donors (Lipinski definition) is 1. The number of carbonyl (C=O) groups excluding carboxylic acids is 2. The van der Waals surface area contributed by atoms with Gasteiger partial charge in [0.1, 0.15) is 11.8 Å². The molecule has 1 N–H and O–H groups in total. The van der Waals surface area contributed by atoms with Crippen molar-refractivity contribution in [2.75, 3.05) is 13.2 Å². The maximum atomic E-state index is 13.2. The van der Waals surface area contributed by atoms with Gasteiger partial charge in [0.15, 0.2) is 6.61 Å². The maximum Gasteiger partial charge on any atom is 0.261 e. The average Bonchev–Trinajstić information content (AvgIpc) is 2.74. The summed E-state index contributed by atoms with van der Waals surface area (Å²) in [5, 5.41) is 3.89. The average molecular weight is 577 g/mol. The van der Waals surface area contributed by atoms with Gasteiger partial charge < -0.3 is 15.0 Å². The van der Waals surface area contributed by atoms with Crippen molar-refractivity contribution < 1.29 is 14.3 Å². The Kier molecular flexibility index (Phi) is 10.9. The molecule has 2 aromatic carbocycles. The van der Waals surface area contributed by atoms with Crippen LogP contribution in [0.1, 0.15) is 38.7 Å². The SMILES string of the molecule is CCCCNC(=O)C(CC)N(Cc1ccc(Cl)cc1Cl)C(=O)COc1ccc(I)cc1. The number of halogens is 3. The molecule has 1 atom stereocenters. The van der Waals surface area contributed by atoms with Crippen LogP contribution in [0.2, 0.25) is 10.0 Å². The Morgan fingerprint density at radius 3 is 2.45 bits per heavy atom. The summed E-state index contributed by atoms with van der Waals surface area (Å²) in [6.45, 7) is 4.53. The van der Waals surface area contributed by atoms with E-state index in [0.717, 1.165) is 16.4 Å². The van der Waals surface area contributed by atoms with E-state index in [1.54, 1.807) is 18.2 Å². The van der Waals surface area contributed by atoms with E-state index in [-0.39, 0.29) is 25.0 Å². The molecule has 5 nitrogen and oxygen atoms in total. The molecule has 0 spiro atoms. The molecule has 2 rings (SSSR count). The van der Waals surface area contributed by atoms with Crippen molar-refractivity contribution in [2.24, 2.45) is 0 Å². The van der Waals surface area contributed by atoms with Crippen molar-refractivity contribution in [3.8, 4) is 5.75 Å². The van der Waals surface area contributed by atoms with Gasteiger partial charge >= 0.3 is 0 Å². The van der Waals surface area contributed by atoms with E-state index in [2.05, 4.69) is 34.8 Å². The predicted octanol–water partition coefficient (Wildman–Crippen LogP) is 5.70. The fourth-order valence-electron chi connectivity index (χ4n) is 3.02. The highest BCUT2D eigenvalue weighted by Gasteiger charge is 2.29. The summed E-state index contributed by atoms with van der Waals surface area (Å²) >= 11 is 14.6. The van der Waals surface area contributed by atoms with Crippen LogP contribution < -0.4 is 10.1 Å². The van der Waals surface area contributed by atoms with Crippen LogP contribution in [0.3, 0.4) is 0 Å². The monoisotopic (exact) mass is 576 g/mol.